The van der Waals surface area contributed by atoms with Crippen LogP contribution in [0.3, 0.4) is 0 Å². The smallest absolute Gasteiger partial charge is 0.305 e. The van der Waals surface area contributed by atoms with Crippen LogP contribution in [-0.4, -0.2) is 30.7 Å². The van der Waals surface area contributed by atoms with Crippen LogP contribution in [0.15, 0.2) is 5.16 Å². The molecular weight excluding hydrogens is 246 g/mol. The molecule has 0 aromatic heterocycles. The van der Waals surface area contributed by atoms with Crippen LogP contribution in [0, 0.1) is 17.8 Å². The van der Waals surface area contributed by atoms with Crippen molar-refractivity contribution < 1.29 is 19.2 Å². The molecule has 1 aliphatic heterocycles. The maximum atomic E-state index is 12.2. The maximum Gasteiger partial charge on any atom is 0.305 e. The first-order valence-electron chi connectivity index (χ1n) is 7.04. The molecule has 0 aromatic rings. The van der Waals surface area contributed by atoms with Gasteiger partial charge in [0.1, 0.15) is 11.8 Å². The van der Waals surface area contributed by atoms with Crippen molar-refractivity contribution in [2.24, 2.45) is 22.9 Å². The van der Waals surface area contributed by atoms with Gasteiger partial charge in [-0.05, 0) is 37.5 Å². The molecule has 2 saturated carbocycles. The van der Waals surface area contributed by atoms with Crippen molar-refractivity contribution in [1.82, 2.24) is 0 Å². The third-order valence-corrected chi connectivity index (χ3v) is 4.73. The molecule has 19 heavy (non-hydrogen) atoms. The molecule has 0 aromatic carbocycles. The van der Waals surface area contributed by atoms with E-state index < -0.39 is 0 Å². The average molecular weight is 265 g/mol. The summed E-state index contributed by atoms with van der Waals surface area (Å²) in [6, 6.07) is 0. The fourth-order valence-corrected chi connectivity index (χ4v) is 3.81. The third kappa shape index (κ3) is 2.15. The van der Waals surface area contributed by atoms with Crippen molar-refractivity contribution in [3.63, 3.8) is 0 Å². The van der Waals surface area contributed by atoms with Gasteiger partial charge in [-0.25, -0.2) is 0 Å². The van der Waals surface area contributed by atoms with E-state index >= 15 is 0 Å². The number of ketones is 1. The Hall–Kier alpha value is -1.39. The van der Waals surface area contributed by atoms with Gasteiger partial charge in [-0.1, -0.05) is 5.16 Å². The molecule has 1 heterocycles. The van der Waals surface area contributed by atoms with E-state index in [9.17, 15) is 9.59 Å². The van der Waals surface area contributed by atoms with Crippen molar-refractivity contribution in [3.8, 4) is 0 Å². The zero-order chi connectivity index (χ0) is 13.4. The van der Waals surface area contributed by atoms with Crippen LogP contribution >= 0.6 is 0 Å². The molecule has 4 atom stereocenters. The number of rotatable bonds is 5. The van der Waals surface area contributed by atoms with Gasteiger partial charge in [0.25, 0.3) is 0 Å². The predicted molar refractivity (Wildman–Crippen MR) is 67.5 cm³/mol. The summed E-state index contributed by atoms with van der Waals surface area (Å²) in [7, 11) is 1.36. The zero-order valence-corrected chi connectivity index (χ0v) is 11.1. The van der Waals surface area contributed by atoms with Crippen molar-refractivity contribution in [3.05, 3.63) is 0 Å². The van der Waals surface area contributed by atoms with Gasteiger partial charge in [0.15, 0.2) is 5.78 Å². The number of carbonyl (C=O) groups excluding carboxylic acids is 2. The second-order valence-electron chi connectivity index (χ2n) is 5.76. The molecule has 2 fully saturated rings. The number of ether oxygens (including phenoxy) is 1. The van der Waals surface area contributed by atoms with Gasteiger partial charge in [0.2, 0.25) is 0 Å². The van der Waals surface area contributed by atoms with E-state index in [1.165, 1.54) is 26.4 Å². The maximum absolute atomic E-state index is 12.2. The standard InChI is InChI=1S/C14H19NO4/c1-18-11(17)4-2-3-10(16)13-12-8-5-6-9(7-8)14(12)19-15-13/h8-9,12,14H,2-7H2,1H3/t8-,9+,12-,14-/m0/s1. The number of Topliss-reactive ketones (excluding diaryl/α,β-unsaturated/α-hetero) is 1. The van der Waals surface area contributed by atoms with Crippen LogP contribution in [-0.2, 0) is 19.2 Å². The Kier molecular flexibility index (Phi) is 3.29. The third-order valence-electron chi connectivity index (χ3n) is 4.73. The van der Waals surface area contributed by atoms with Crippen LogP contribution in [0.5, 0.6) is 0 Å². The highest BCUT2D eigenvalue weighted by molar-refractivity contribution is 6.41. The van der Waals surface area contributed by atoms with E-state index in [4.69, 9.17) is 4.84 Å². The van der Waals surface area contributed by atoms with Crippen molar-refractivity contribution >= 4 is 17.5 Å². The Morgan fingerprint density at radius 3 is 2.89 bits per heavy atom. The highest BCUT2D eigenvalue weighted by Crippen LogP contribution is 2.52. The van der Waals surface area contributed by atoms with Gasteiger partial charge in [0.05, 0.1) is 13.0 Å². The van der Waals surface area contributed by atoms with Crippen LogP contribution in [0.4, 0.5) is 0 Å². The first kappa shape index (κ1) is 12.6. The van der Waals surface area contributed by atoms with E-state index in [0.29, 0.717) is 30.4 Å². The lowest BCUT2D eigenvalue weighted by atomic mass is 9.81. The van der Waals surface area contributed by atoms with Gasteiger partial charge in [-0.3, -0.25) is 9.59 Å². The summed E-state index contributed by atoms with van der Waals surface area (Å²) in [5.74, 6) is 1.18. The quantitative estimate of drug-likeness (QED) is 0.710. The largest absolute Gasteiger partial charge is 0.469 e. The Morgan fingerprint density at radius 2 is 2.11 bits per heavy atom. The number of carbonyl (C=O) groups is 2. The molecule has 0 spiro atoms. The molecule has 0 unspecified atom stereocenters. The molecule has 3 rings (SSSR count). The summed E-state index contributed by atoms with van der Waals surface area (Å²) >= 11 is 0. The molecule has 104 valence electrons. The Labute approximate surface area is 112 Å². The molecular formula is C14H19NO4. The number of fused-ring (bicyclic) bond motifs is 5. The summed E-state index contributed by atoms with van der Waals surface area (Å²) in [5, 5.41) is 4.03. The van der Waals surface area contributed by atoms with Crippen molar-refractivity contribution in [2.45, 2.75) is 44.6 Å². The molecule has 5 nitrogen and oxygen atoms in total. The van der Waals surface area contributed by atoms with E-state index in [1.807, 2.05) is 0 Å². The Balaban J connectivity index is 1.55. The second-order valence-corrected chi connectivity index (χ2v) is 5.76. The zero-order valence-electron chi connectivity index (χ0n) is 11.1. The Bertz CT molecular complexity index is 431. The fraction of sp³-hybridized carbons (Fsp3) is 0.786. The van der Waals surface area contributed by atoms with Crippen LogP contribution in [0.25, 0.3) is 0 Å². The fourth-order valence-electron chi connectivity index (χ4n) is 3.81. The molecule has 3 aliphatic rings. The number of esters is 1. The van der Waals surface area contributed by atoms with Gasteiger partial charge >= 0.3 is 5.97 Å². The van der Waals surface area contributed by atoms with Crippen molar-refractivity contribution in [2.75, 3.05) is 7.11 Å². The Morgan fingerprint density at radius 1 is 1.32 bits per heavy atom. The van der Waals surface area contributed by atoms with E-state index in [1.54, 1.807) is 0 Å². The second kappa shape index (κ2) is 4.94. The SMILES string of the molecule is COC(=O)CCCC(=O)C1=NO[C@H]2[C@@H]3CC[C@@H](C3)[C@@H]12. The van der Waals surface area contributed by atoms with Crippen molar-refractivity contribution in [1.29, 1.82) is 0 Å². The minimum absolute atomic E-state index is 0.0453. The van der Waals surface area contributed by atoms with E-state index in [0.717, 1.165) is 0 Å². The first-order valence-corrected chi connectivity index (χ1v) is 7.04. The molecule has 0 N–H and O–H groups in total. The minimum atomic E-state index is -0.268. The number of hydrogen-bond donors (Lipinski definition) is 0. The number of oxime groups is 1. The van der Waals surface area contributed by atoms with Gasteiger partial charge in [-0.15, -0.1) is 0 Å². The summed E-state index contributed by atoms with van der Waals surface area (Å²) in [4.78, 5) is 28.7. The molecule has 2 aliphatic carbocycles. The lowest BCUT2D eigenvalue weighted by molar-refractivity contribution is -0.140. The number of nitrogens with zero attached hydrogens (tertiary/aromatic N) is 1. The van der Waals surface area contributed by atoms with Crippen LogP contribution in [0.2, 0.25) is 0 Å². The minimum Gasteiger partial charge on any atom is -0.469 e. The summed E-state index contributed by atoms with van der Waals surface area (Å²) < 4.78 is 4.56. The molecule has 0 radical (unpaired) electrons. The number of hydrogen-bond acceptors (Lipinski definition) is 5. The van der Waals surface area contributed by atoms with Crippen LogP contribution < -0.4 is 0 Å². The van der Waals surface area contributed by atoms with Gasteiger partial charge in [0, 0.05) is 12.8 Å². The monoisotopic (exact) mass is 265 g/mol. The molecule has 0 amide bonds. The normalized spacial score (nSPS) is 34.7. The van der Waals surface area contributed by atoms with Crippen LogP contribution in [0.1, 0.15) is 38.5 Å². The number of methoxy groups -OCH3 is 1. The van der Waals surface area contributed by atoms with E-state index in [2.05, 4.69) is 9.89 Å². The van der Waals surface area contributed by atoms with Gasteiger partial charge < -0.3 is 9.57 Å². The molecule has 0 saturated heterocycles. The van der Waals surface area contributed by atoms with Gasteiger partial charge in [-0.2, -0.15) is 0 Å². The molecule has 5 heteroatoms. The lowest BCUT2D eigenvalue weighted by Crippen LogP contribution is -2.33. The summed E-state index contributed by atoms with van der Waals surface area (Å²) in [5.41, 5.74) is 0.627. The topological polar surface area (TPSA) is 65.0 Å². The summed E-state index contributed by atoms with van der Waals surface area (Å²) in [6.45, 7) is 0. The highest BCUT2D eigenvalue weighted by atomic mass is 16.6. The average Bonchev–Trinajstić information content (AvgIpc) is 3.10. The lowest BCUT2D eigenvalue weighted by Gasteiger charge is -2.22. The molecule has 2 bridgehead atoms. The highest BCUT2D eigenvalue weighted by Gasteiger charge is 2.55. The van der Waals surface area contributed by atoms with E-state index in [-0.39, 0.29) is 30.2 Å². The predicted octanol–water partition coefficient (Wildman–Crippen LogP) is 1.70. The first-order chi connectivity index (χ1) is 9.20. The summed E-state index contributed by atoms with van der Waals surface area (Å²) in [6.07, 6.45) is 4.92.